The van der Waals surface area contributed by atoms with Gasteiger partial charge in [-0.1, -0.05) is 18.6 Å². The van der Waals surface area contributed by atoms with Crippen molar-refractivity contribution >= 4 is 38.8 Å². The van der Waals surface area contributed by atoms with Gasteiger partial charge in [0.25, 0.3) is 0 Å². The van der Waals surface area contributed by atoms with E-state index in [0.29, 0.717) is 0 Å². The van der Waals surface area contributed by atoms with E-state index >= 15 is 0 Å². The van der Waals surface area contributed by atoms with Crippen molar-refractivity contribution in [3.63, 3.8) is 0 Å². The Kier molecular flexibility index (Phi) is 6.04. The third kappa shape index (κ3) is 4.55. The smallest absolute Gasteiger partial charge is 0.148 e. The molecule has 1 aliphatic heterocycles. The maximum Gasteiger partial charge on any atom is 0.148 e. The summed E-state index contributed by atoms with van der Waals surface area (Å²) in [5.74, 6) is 1.99. The number of aromatic nitrogens is 1. The highest BCUT2D eigenvalue weighted by Gasteiger charge is 2.10. The first-order valence-electron chi connectivity index (χ1n) is 9.38. The van der Waals surface area contributed by atoms with Crippen LogP contribution in [0.4, 0.5) is 5.82 Å². The molecule has 0 atom stereocenters. The molecule has 4 nitrogen and oxygen atoms in total. The monoisotopic (exact) mass is 387 g/mol. The Morgan fingerprint density at radius 2 is 2.08 bits per heavy atom. The Morgan fingerprint density at radius 1 is 1.15 bits per heavy atom. The number of likely N-dealkylation sites (tertiary alicyclic amines) is 1. The summed E-state index contributed by atoms with van der Waals surface area (Å²) in [6, 6.07) is 8.56. The maximum absolute atomic E-state index is 5.95. The van der Waals surface area contributed by atoms with Crippen molar-refractivity contribution in [2.45, 2.75) is 32.2 Å². The van der Waals surface area contributed by atoms with Gasteiger partial charge in [-0.15, -0.1) is 0 Å². The van der Waals surface area contributed by atoms with Crippen molar-refractivity contribution in [3.05, 3.63) is 40.6 Å². The molecular weight excluding hydrogens is 362 g/mol. The lowest BCUT2D eigenvalue weighted by atomic mass is 10.1. The average molecular weight is 388 g/mol. The van der Waals surface area contributed by atoms with Gasteiger partial charge in [0.05, 0.1) is 11.3 Å². The van der Waals surface area contributed by atoms with Crippen LogP contribution in [0.5, 0.6) is 5.75 Å². The first-order chi connectivity index (χ1) is 12.9. The molecule has 1 aromatic carbocycles. The number of hydrogen-bond donors (Lipinski definition) is 1. The van der Waals surface area contributed by atoms with Crippen molar-refractivity contribution in [2.75, 3.05) is 31.6 Å². The Labute approximate surface area is 163 Å². The maximum atomic E-state index is 5.95. The van der Waals surface area contributed by atoms with Crippen LogP contribution in [-0.4, -0.2) is 35.5 Å². The number of hydrogen-bond acceptors (Lipinski definition) is 6. The minimum Gasteiger partial charge on any atom is -0.494 e. The van der Waals surface area contributed by atoms with Crippen LogP contribution in [-0.2, 0) is 6.54 Å². The summed E-state index contributed by atoms with van der Waals surface area (Å²) in [5.41, 5.74) is 1.35. The van der Waals surface area contributed by atoms with Crippen LogP contribution in [0.3, 0.4) is 0 Å². The highest BCUT2D eigenvalue weighted by molar-refractivity contribution is 7.19. The van der Waals surface area contributed by atoms with Gasteiger partial charge in [-0.2, -0.15) is 15.7 Å². The average Bonchev–Trinajstić information content (AvgIpc) is 3.27. The van der Waals surface area contributed by atoms with Crippen LogP contribution in [0.2, 0.25) is 0 Å². The van der Waals surface area contributed by atoms with Crippen LogP contribution in [0, 0.1) is 0 Å². The summed E-state index contributed by atoms with van der Waals surface area (Å²) in [6.45, 7) is 5.09. The second-order valence-corrected chi connectivity index (χ2v) is 8.34. The fourth-order valence-corrected chi connectivity index (χ4v) is 5.09. The zero-order valence-corrected chi connectivity index (χ0v) is 16.6. The molecule has 6 heteroatoms. The van der Waals surface area contributed by atoms with E-state index < -0.39 is 0 Å². The number of thiophene rings is 1. The quantitative estimate of drug-likeness (QED) is 0.537. The number of anilines is 1. The SMILES string of the molecule is c1cc(CN2CCCCC2)cc(OCCCNc2nsc3cscc23)c1. The number of nitrogens with zero attached hydrogens (tertiary/aromatic N) is 2. The molecule has 1 aliphatic rings. The number of nitrogens with one attached hydrogen (secondary N) is 1. The zero-order valence-electron chi connectivity index (χ0n) is 14.9. The first-order valence-corrected chi connectivity index (χ1v) is 11.1. The molecule has 0 bridgehead atoms. The van der Waals surface area contributed by atoms with E-state index in [2.05, 4.69) is 49.6 Å². The summed E-state index contributed by atoms with van der Waals surface area (Å²) in [4.78, 5) is 2.55. The van der Waals surface area contributed by atoms with E-state index in [1.54, 1.807) is 22.9 Å². The highest BCUT2D eigenvalue weighted by atomic mass is 32.1. The van der Waals surface area contributed by atoms with Crippen LogP contribution in [0.25, 0.3) is 10.1 Å². The minimum atomic E-state index is 0.719. The molecule has 3 aromatic rings. The normalized spacial score (nSPS) is 15.4. The molecule has 1 fully saturated rings. The van der Waals surface area contributed by atoms with Crippen molar-refractivity contribution in [2.24, 2.45) is 0 Å². The summed E-state index contributed by atoms with van der Waals surface area (Å²) < 4.78 is 11.7. The lowest BCUT2D eigenvalue weighted by Crippen LogP contribution is -2.29. The van der Waals surface area contributed by atoms with E-state index in [1.807, 2.05) is 0 Å². The third-order valence-corrected chi connectivity index (χ3v) is 6.45. The molecule has 0 saturated carbocycles. The van der Waals surface area contributed by atoms with E-state index in [1.165, 1.54) is 48.0 Å². The number of fused-ring (bicyclic) bond motifs is 1. The molecule has 0 unspecified atom stereocenters. The van der Waals surface area contributed by atoms with Crippen molar-refractivity contribution in [1.82, 2.24) is 9.27 Å². The second kappa shape index (κ2) is 8.84. The van der Waals surface area contributed by atoms with Gasteiger partial charge in [-0.3, -0.25) is 4.90 Å². The number of ether oxygens (including phenoxy) is 1. The Balaban J connectivity index is 1.20. The highest BCUT2D eigenvalue weighted by Crippen LogP contribution is 2.29. The van der Waals surface area contributed by atoms with E-state index in [-0.39, 0.29) is 0 Å². The topological polar surface area (TPSA) is 37.4 Å². The minimum absolute atomic E-state index is 0.719. The summed E-state index contributed by atoms with van der Waals surface area (Å²) >= 11 is 3.29. The summed E-state index contributed by atoms with van der Waals surface area (Å²) in [5, 5.41) is 8.98. The van der Waals surface area contributed by atoms with Crippen LogP contribution in [0.1, 0.15) is 31.2 Å². The predicted octanol–water partition coefficient (Wildman–Crippen LogP) is 5.22. The van der Waals surface area contributed by atoms with Crippen molar-refractivity contribution in [1.29, 1.82) is 0 Å². The van der Waals surface area contributed by atoms with Crippen molar-refractivity contribution in [3.8, 4) is 5.75 Å². The van der Waals surface area contributed by atoms with Gasteiger partial charge in [0.1, 0.15) is 11.6 Å². The van der Waals surface area contributed by atoms with Gasteiger partial charge in [0, 0.05) is 29.2 Å². The lowest BCUT2D eigenvalue weighted by Gasteiger charge is -2.26. The summed E-state index contributed by atoms with van der Waals surface area (Å²) in [6.07, 6.45) is 5.01. The van der Waals surface area contributed by atoms with Crippen molar-refractivity contribution < 1.29 is 4.74 Å². The van der Waals surface area contributed by atoms with E-state index in [9.17, 15) is 0 Å². The third-order valence-electron chi connectivity index (χ3n) is 4.75. The lowest BCUT2D eigenvalue weighted by molar-refractivity contribution is 0.220. The second-order valence-electron chi connectivity index (χ2n) is 6.79. The fraction of sp³-hybridized carbons (Fsp3) is 0.450. The van der Waals surface area contributed by atoms with Gasteiger partial charge < -0.3 is 10.1 Å². The molecule has 4 rings (SSSR count). The van der Waals surface area contributed by atoms with Gasteiger partial charge in [-0.05, 0) is 61.6 Å². The number of piperidine rings is 1. The fourth-order valence-electron chi connectivity index (χ4n) is 3.38. The molecule has 3 heterocycles. The summed E-state index contributed by atoms with van der Waals surface area (Å²) in [7, 11) is 0. The molecule has 1 N–H and O–H groups in total. The molecular formula is C20H25N3OS2. The molecule has 138 valence electrons. The van der Waals surface area contributed by atoms with Gasteiger partial charge >= 0.3 is 0 Å². The van der Waals surface area contributed by atoms with E-state index in [0.717, 1.165) is 37.7 Å². The first kappa shape index (κ1) is 17.8. The van der Waals surface area contributed by atoms with Crippen LogP contribution in [0.15, 0.2) is 35.0 Å². The van der Waals surface area contributed by atoms with Crippen LogP contribution < -0.4 is 10.1 Å². The predicted molar refractivity (Wildman–Crippen MR) is 112 cm³/mol. The molecule has 0 radical (unpaired) electrons. The van der Waals surface area contributed by atoms with E-state index in [4.69, 9.17) is 4.74 Å². The zero-order chi connectivity index (χ0) is 17.6. The Morgan fingerprint density at radius 3 is 3.00 bits per heavy atom. The van der Waals surface area contributed by atoms with Gasteiger partial charge in [0.2, 0.25) is 0 Å². The Bertz CT molecular complexity index is 823. The molecule has 0 amide bonds. The molecule has 2 aromatic heterocycles. The number of rotatable bonds is 8. The van der Waals surface area contributed by atoms with Gasteiger partial charge in [0.15, 0.2) is 0 Å². The standard InChI is InChI=1S/C20H25N3OS2/c1-2-9-23(10-3-1)13-16-6-4-7-17(12-16)24-11-5-8-21-20-18-14-25-15-19(18)26-22-20/h4,6-7,12,14-15H,1-3,5,8-11,13H2,(H,21,22). The molecule has 0 aliphatic carbocycles. The molecule has 0 spiro atoms. The molecule has 26 heavy (non-hydrogen) atoms. The number of benzene rings is 1. The Hall–Kier alpha value is -1.63. The molecule has 1 saturated heterocycles. The largest absolute Gasteiger partial charge is 0.494 e. The van der Waals surface area contributed by atoms with Gasteiger partial charge in [-0.25, -0.2) is 0 Å². The van der Waals surface area contributed by atoms with Crippen LogP contribution >= 0.6 is 22.9 Å².